The average Bonchev–Trinajstić information content (AvgIpc) is 3.07. The highest BCUT2D eigenvalue weighted by Crippen LogP contribution is 2.14. The van der Waals surface area contributed by atoms with E-state index in [0.29, 0.717) is 18.1 Å². The van der Waals surface area contributed by atoms with Crippen LogP contribution in [0.1, 0.15) is 32.6 Å². The Morgan fingerprint density at radius 3 is 2.78 bits per heavy atom. The molecular formula is C16H22N4O3. The zero-order chi connectivity index (χ0) is 16.7. The highest BCUT2D eigenvalue weighted by molar-refractivity contribution is 5.76. The highest BCUT2D eigenvalue weighted by atomic mass is 16.5. The molecule has 0 aliphatic rings. The lowest BCUT2D eigenvalue weighted by molar-refractivity contribution is -0.122. The zero-order valence-electron chi connectivity index (χ0n) is 13.4. The normalized spacial score (nSPS) is 13.5. The van der Waals surface area contributed by atoms with Crippen molar-refractivity contribution in [1.29, 1.82) is 0 Å². The van der Waals surface area contributed by atoms with Gasteiger partial charge in [-0.15, -0.1) is 0 Å². The SMILES string of the molecule is CCC(C)C(CO)NC(=O)CCc1nc(-c2ccncc2)no1. The van der Waals surface area contributed by atoms with Crippen molar-refractivity contribution in [3.05, 3.63) is 30.4 Å². The van der Waals surface area contributed by atoms with E-state index in [1.54, 1.807) is 24.5 Å². The second-order valence-corrected chi connectivity index (χ2v) is 5.49. The van der Waals surface area contributed by atoms with Gasteiger partial charge < -0.3 is 14.9 Å². The van der Waals surface area contributed by atoms with E-state index in [2.05, 4.69) is 20.4 Å². The van der Waals surface area contributed by atoms with Crippen LogP contribution in [0.4, 0.5) is 0 Å². The molecule has 0 saturated carbocycles. The van der Waals surface area contributed by atoms with Crippen LogP contribution in [0.25, 0.3) is 11.4 Å². The van der Waals surface area contributed by atoms with Crippen molar-refractivity contribution >= 4 is 5.91 Å². The third kappa shape index (κ3) is 4.85. The Labute approximate surface area is 135 Å². The number of aromatic nitrogens is 3. The molecule has 0 aromatic carbocycles. The summed E-state index contributed by atoms with van der Waals surface area (Å²) in [5.41, 5.74) is 0.816. The van der Waals surface area contributed by atoms with E-state index in [4.69, 9.17) is 4.52 Å². The minimum absolute atomic E-state index is 0.0620. The van der Waals surface area contributed by atoms with Gasteiger partial charge in [0, 0.05) is 30.8 Å². The molecule has 23 heavy (non-hydrogen) atoms. The molecule has 124 valence electrons. The van der Waals surface area contributed by atoms with E-state index >= 15 is 0 Å². The van der Waals surface area contributed by atoms with E-state index in [1.807, 2.05) is 13.8 Å². The van der Waals surface area contributed by atoms with E-state index in [0.717, 1.165) is 12.0 Å². The first-order valence-corrected chi connectivity index (χ1v) is 7.77. The summed E-state index contributed by atoms with van der Waals surface area (Å²) < 4.78 is 5.16. The van der Waals surface area contributed by atoms with Crippen molar-refractivity contribution < 1.29 is 14.4 Å². The van der Waals surface area contributed by atoms with Gasteiger partial charge in [-0.25, -0.2) is 0 Å². The molecule has 7 nitrogen and oxygen atoms in total. The van der Waals surface area contributed by atoms with E-state index in [1.165, 1.54) is 0 Å². The summed E-state index contributed by atoms with van der Waals surface area (Å²) >= 11 is 0. The fourth-order valence-electron chi connectivity index (χ4n) is 2.13. The second-order valence-electron chi connectivity index (χ2n) is 5.49. The Balaban J connectivity index is 1.86. The summed E-state index contributed by atoms with van der Waals surface area (Å²) in [5, 5.41) is 16.1. The van der Waals surface area contributed by atoms with Crippen LogP contribution in [0.5, 0.6) is 0 Å². The van der Waals surface area contributed by atoms with Crippen LogP contribution in [-0.4, -0.2) is 38.8 Å². The van der Waals surface area contributed by atoms with Gasteiger partial charge in [-0.3, -0.25) is 9.78 Å². The predicted octanol–water partition coefficient (Wildman–Crippen LogP) is 1.59. The Kier molecular flexibility index (Phi) is 6.22. The number of rotatable bonds is 8. The number of pyridine rings is 1. The standard InChI is InChI=1S/C16H22N4O3/c1-3-11(2)13(10-21)18-14(22)4-5-15-19-16(20-23-15)12-6-8-17-9-7-12/h6-9,11,13,21H,3-5,10H2,1-2H3,(H,18,22). The number of amides is 1. The van der Waals surface area contributed by atoms with E-state index < -0.39 is 0 Å². The number of hydrogen-bond donors (Lipinski definition) is 2. The molecule has 2 N–H and O–H groups in total. The van der Waals surface area contributed by atoms with Gasteiger partial charge in [0.25, 0.3) is 0 Å². The van der Waals surface area contributed by atoms with Crippen molar-refractivity contribution in [1.82, 2.24) is 20.4 Å². The minimum atomic E-state index is -0.220. The quantitative estimate of drug-likeness (QED) is 0.766. The van der Waals surface area contributed by atoms with Crippen LogP contribution in [0, 0.1) is 5.92 Å². The van der Waals surface area contributed by atoms with Crippen LogP contribution in [-0.2, 0) is 11.2 Å². The molecule has 0 radical (unpaired) electrons. The van der Waals surface area contributed by atoms with Gasteiger partial charge in [0.05, 0.1) is 12.6 Å². The number of nitrogens with one attached hydrogen (secondary N) is 1. The molecule has 7 heteroatoms. The average molecular weight is 318 g/mol. The molecule has 2 aromatic rings. The zero-order valence-corrected chi connectivity index (χ0v) is 13.4. The van der Waals surface area contributed by atoms with Gasteiger partial charge in [-0.1, -0.05) is 25.4 Å². The van der Waals surface area contributed by atoms with Crippen molar-refractivity contribution in [2.75, 3.05) is 6.61 Å². The highest BCUT2D eigenvalue weighted by Gasteiger charge is 2.18. The van der Waals surface area contributed by atoms with E-state index in [-0.39, 0.29) is 30.9 Å². The second kappa shape index (κ2) is 8.38. The molecule has 2 aromatic heterocycles. The molecule has 0 spiro atoms. The maximum atomic E-state index is 12.0. The third-order valence-corrected chi connectivity index (χ3v) is 3.85. The smallest absolute Gasteiger partial charge is 0.227 e. The predicted molar refractivity (Wildman–Crippen MR) is 84.3 cm³/mol. The molecule has 2 atom stereocenters. The van der Waals surface area contributed by atoms with Gasteiger partial charge in [0.15, 0.2) is 0 Å². The molecular weight excluding hydrogens is 296 g/mol. The Bertz CT molecular complexity index is 615. The largest absolute Gasteiger partial charge is 0.394 e. The number of nitrogens with zero attached hydrogens (tertiary/aromatic N) is 3. The van der Waals surface area contributed by atoms with Crippen LogP contribution < -0.4 is 5.32 Å². The fourth-order valence-corrected chi connectivity index (χ4v) is 2.13. The van der Waals surface area contributed by atoms with Crippen molar-refractivity contribution in [3.63, 3.8) is 0 Å². The lowest BCUT2D eigenvalue weighted by Gasteiger charge is -2.21. The Morgan fingerprint density at radius 2 is 2.13 bits per heavy atom. The molecule has 0 aliphatic heterocycles. The fraction of sp³-hybridized carbons (Fsp3) is 0.500. The third-order valence-electron chi connectivity index (χ3n) is 3.85. The maximum absolute atomic E-state index is 12.0. The lowest BCUT2D eigenvalue weighted by atomic mass is 10.00. The van der Waals surface area contributed by atoms with Gasteiger partial charge in [-0.05, 0) is 18.1 Å². The van der Waals surface area contributed by atoms with E-state index in [9.17, 15) is 9.90 Å². The summed E-state index contributed by atoms with van der Waals surface area (Å²) in [6, 6.07) is 3.36. The van der Waals surface area contributed by atoms with Crippen molar-refractivity contribution in [2.45, 2.75) is 39.2 Å². The van der Waals surface area contributed by atoms with Gasteiger partial charge in [0.1, 0.15) is 0 Å². The van der Waals surface area contributed by atoms with Crippen molar-refractivity contribution in [3.8, 4) is 11.4 Å². The summed E-state index contributed by atoms with van der Waals surface area (Å²) in [6.07, 6.45) is 4.81. The van der Waals surface area contributed by atoms with Crippen LogP contribution in [0.15, 0.2) is 29.0 Å². The first-order chi connectivity index (χ1) is 11.1. The van der Waals surface area contributed by atoms with Crippen LogP contribution >= 0.6 is 0 Å². The molecule has 2 heterocycles. The molecule has 0 aliphatic carbocycles. The number of hydrogen-bond acceptors (Lipinski definition) is 6. The van der Waals surface area contributed by atoms with Crippen molar-refractivity contribution in [2.24, 2.45) is 5.92 Å². The molecule has 0 fully saturated rings. The number of aliphatic hydroxyl groups excluding tert-OH is 1. The summed E-state index contributed by atoms with van der Waals surface area (Å²) in [4.78, 5) is 20.2. The topological polar surface area (TPSA) is 101 Å². The molecule has 2 rings (SSSR count). The molecule has 0 saturated heterocycles. The van der Waals surface area contributed by atoms with Gasteiger partial charge in [-0.2, -0.15) is 4.98 Å². The minimum Gasteiger partial charge on any atom is -0.394 e. The number of aryl methyl sites for hydroxylation is 1. The summed E-state index contributed by atoms with van der Waals surface area (Å²) in [6.45, 7) is 3.96. The Morgan fingerprint density at radius 1 is 1.39 bits per heavy atom. The first-order valence-electron chi connectivity index (χ1n) is 7.77. The molecule has 0 bridgehead atoms. The summed E-state index contributed by atoms with van der Waals surface area (Å²) in [7, 11) is 0. The van der Waals surface area contributed by atoms with Crippen LogP contribution in [0.2, 0.25) is 0 Å². The first kappa shape index (κ1) is 17.1. The summed E-state index contributed by atoms with van der Waals surface area (Å²) in [5.74, 6) is 0.991. The van der Waals surface area contributed by atoms with Gasteiger partial charge >= 0.3 is 0 Å². The molecule has 2 unspecified atom stereocenters. The number of carbonyl (C=O) groups excluding carboxylic acids is 1. The maximum Gasteiger partial charge on any atom is 0.227 e. The van der Waals surface area contributed by atoms with Crippen LogP contribution in [0.3, 0.4) is 0 Å². The molecule has 1 amide bonds. The Hall–Kier alpha value is -2.28. The monoisotopic (exact) mass is 318 g/mol. The van der Waals surface area contributed by atoms with Gasteiger partial charge in [0.2, 0.25) is 17.6 Å². The lowest BCUT2D eigenvalue weighted by Crippen LogP contribution is -2.41. The number of aliphatic hydroxyl groups is 1. The number of carbonyl (C=O) groups is 1.